The van der Waals surface area contributed by atoms with Gasteiger partial charge in [0.1, 0.15) is 6.04 Å². The molecule has 0 aliphatic rings. The van der Waals surface area contributed by atoms with Crippen molar-refractivity contribution in [3.63, 3.8) is 0 Å². The monoisotopic (exact) mass is 352 g/mol. The van der Waals surface area contributed by atoms with Gasteiger partial charge in [-0.25, -0.2) is 18.6 Å². The molecule has 0 fully saturated rings. The van der Waals surface area contributed by atoms with E-state index in [0.29, 0.717) is 0 Å². The van der Waals surface area contributed by atoms with Crippen LogP contribution in [0.3, 0.4) is 0 Å². The standard InChI is InChI=1S/C14H16F4N2O4/c1-7(2)10(12(22)23)20-11(21)8-3-4-9(19-5-8)24-6-14(17,18)13(15)16/h3-5,7,10,13H,6H2,1-2H3,(H,20,21)(H,22,23)/t10-/m1/s1. The summed E-state index contributed by atoms with van der Waals surface area (Å²) < 4.78 is 53.9. The number of nitrogens with one attached hydrogen (secondary N) is 1. The first-order valence-corrected chi connectivity index (χ1v) is 6.83. The quantitative estimate of drug-likeness (QED) is 0.700. The second-order valence-corrected chi connectivity index (χ2v) is 5.27. The van der Waals surface area contributed by atoms with E-state index in [9.17, 15) is 27.2 Å². The van der Waals surface area contributed by atoms with Crippen LogP contribution in [-0.4, -0.2) is 47.0 Å². The number of rotatable bonds is 8. The Bertz CT molecular complexity index is 579. The lowest BCUT2D eigenvalue weighted by Crippen LogP contribution is -2.44. The number of carboxylic acid groups (broad SMARTS) is 1. The van der Waals surface area contributed by atoms with Gasteiger partial charge < -0.3 is 15.2 Å². The van der Waals surface area contributed by atoms with Gasteiger partial charge >= 0.3 is 18.3 Å². The molecule has 2 N–H and O–H groups in total. The second kappa shape index (κ2) is 7.93. The van der Waals surface area contributed by atoms with E-state index in [1.54, 1.807) is 13.8 Å². The normalized spacial score (nSPS) is 13.0. The molecule has 1 aromatic rings. The van der Waals surface area contributed by atoms with Crippen molar-refractivity contribution in [1.29, 1.82) is 0 Å². The number of pyridine rings is 1. The van der Waals surface area contributed by atoms with E-state index in [-0.39, 0.29) is 17.4 Å². The van der Waals surface area contributed by atoms with Gasteiger partial charge in [-0.15, -0.1) is 0 Å². The van der Waals surface area contributed by atoms with Crippen molar-refractivity contribution in [3.8, 4) is 5.88 Å². The minimum absolute atomic E-state index is 0.0325. The lowest BCUT2D eigenvalue weighted by Gasteiger charge is -2.18. The van der Waals surface area contributed by atoms with E-state index in [1.807, 2.05) is 0 Å². The highest BCUT2D eigenvalue weighted by atomic mass is 19.3. The smallest absolute Gasteiger partial charge is 0.340 e. The Hall–Kier alpha value is -2.39. The summed E-state index contributed by atoms with van der Waals surface area (Å²) in [7, 11) is 0. The summed E-state index contributed by atoms with van der Waals surface area (Å²) in [6.07, 6.45) is -2.91. The molecule has 1 amide bonds. The molecule has 24 heavy (non-hydrogen) atoms. The van der Waals surface area contributed by atoms with Gasteiger partial charge in [0, 0.05) is 12.3 Å². The second-order valence-electron chi connectivity index (χ2n) is 5.27. The van der Waals surface area contributed by atoms with Gasteiger partial charge in [-0.3, -0.25) is 4.79 Å². The van der Waals surface area contributed by atoms with Gasteiger partial charge in [0.05, 0.1) is 5.56 Å². The number of amides is 1. The number of aliphatic carboxylic acids is 1. The largest absolute Gasteiger partial charge is 0.480 e. The van der Waals surface area contributed by atoms with Crippen molar-refractivity contribution in [2.75, 3.05) is 6.61 Å². The zero-order valence-corrected chi connectivity index (χ0v) is 12.8. The van der Waals surface area contributed by atoms with Crippen molar-refractivity contribution in [2.45, 2.75) is 32.2 Å². The summed E-state index contributed by atoms with van der Waals surface area (Å²) in [4.78, 5) is 26.5. The maximum atomic E-state index is 12.7. The number of carboxylic acids is 1. The van der Waals surface area contributed by atoms with Crippen LogP contribution in [0.5, 0.6) is 5.88 Å². The Morgan fingerprint density at radius 1 is 1.33 bits per heavy atom. The molecule has 0 saturated heterocycles. The van der Waals surface area contributed by atoms with Gasteiger partial charge in [0.2, 0.25) is 5.88 Å². The topological polar surface area (TPSA) is 88.5 Å². The molecule has 0 saturated carbocycles. The highest BCUT2D eigenvalue weighted by molar-refractivity contribution is 5.96. The summed E-state index contributed by atoms with van der Waals surface area (Å²) in [5.74, 6) is -6.98. The van der Waals surface area contributed by atoms with Crippen LogP contribution in [0.1, 0.15) is 24.2 Å². The van der Waals surface area contributed by atoms with E-state index in [2.05, 4.69) is 15.0 Å². The van der Waals surface area contributed by atoms with E-state index >= 15 is 0 Å². The zero-order valence-electron chi connectivity index (χ0n) is 12.8. The lowest BCUT2D eigenvalue weighted by atomic mass is 10.0. The number of aromatic nitrogens is 1. The van der Waals surface area contributed by atoms with Crippen LogP contribution in [0, 0.1) is 5.92 Å². The molecule has 0 aliphatic heterocycles. The van der Waals surface area contributed by atoms with Gasteiger partial charge in [0.15, 0.2) is 6.61 Å². The molecule has 0 radical (unpaired) electrons. The fraction of sp³-hybridized carbons (Fsp3) is 0.500. The van der Waals surface area contributed by atoms with Crippen LogP contribution in [-0.2, 0) is 4.79 Å². The number of alkyl halides is 4. The lowest BCUT2D eigenvalue weighted by molar-refractivity contribution is -0.148. The number of carbonyl (C=O) groups is 2. The maximum absolute atomic E-state index is 12.7. The number of nitrogens with zero attached hydrogens (tertiary/aromatic N) is 1. The third-order valence-electron chi connectivity index (χ3n) is 2.95. The molecule has 0 bridgehead atoms. The minimum Gasteiger partial charge on any atom is -0.480 e. The molecular formula is C14H16F4N2O4. The molecule has 1 atom stereocenters. The highest BCUT2D eigenvalue weighted by Gasteiger charge is 2.41. The summed E-state index contributed by atoms with van der Waals surface area (Å²) in [6.45, 7) is 1.66. The van der Waals surface area contributed by atoms with E-state index in [0.717, 1.165) is 18.3 Å². The number of halogens is 4. The third-order valence-corrected chi connectivity index (χ3v) is 2.95. The van der Waals surface area contributed by atoms with Crippen molar-refractivity contribution < 1.29 is 37.0 Å². The predicted octanol–water partition coefficient (Wildman–Crippen LogP) is 2.20. The number of ether oxygens (including phenoxy) is 1. The number of hydrogen-bond acceptors (Lipinski definition) is 4. The molecule has 1 rings (SSSR count). The van der Waals surface area contributed by atoms with Crippen LogP contribution < -0.4 is 10.1 Å². The first kappa shape index (κ1) is 19.7. The highest BCUT2D eigenvalue weighted by Crippen LogP contribution is 2.23. The molecular weight excluding hydrogens is 336 g/mol. The number of carbonyl (C=O) groups excluding carboxylic acids is 1. The molecule has 134 valence electrons. The first-order chi connectivity index (χ1) is 11.0. The Balaban J connectivity index is 2.70. The average molecular weight is 352 g/mol. The molecule has 1 heterocycles. The summed E-state index contributed by atoms with van der Waals surface area (Å²) in [6, 6.07) is 1.08. The molecule has 0 unspecified atom stereocenters. The Kier molecular flexibility index (Phi) is 6.50. The molecule has 10 heteroatoms. The first-order valence-electron chi connectivity index (χ1n) is 6.83. The van der Waals surface area contributed by atoms with Crippen LogP contribution in [0.25, 0.3) is 0 Å². The molecule has 6 nitrogen and oxygen atoms in total. The number of hydrogen-bond donors (Lipinski definition) is 2. The molecule has 0 spiro atoms. The fourth-order valence-electron chi connectivity index (χ4n) is 1.57. The Morgan fingerprint density at radius 3 is 2.38 bits per heavy atom. The van der Waals surface area contributed by atoms with Crippen molar-refractivity contribution in [3.05, 3.63) is 23.9 Å². The third kappa shape index (κ3) is 5.36. The molecule has 0 aliphatic carbocycles. The van der Waals surface area contributed by atoms with E-state index in [4.69, 9.17) is 5.11 Å². The van der Waals surface area contributed by atoms with E-state index < -0.39 is 36.9 Å². The van der Waals surface area contributed by atoms with Crippen LogP contribution in [0.2, 0.25) is 0 Å². The molecule has 0 aromatic carbocycles. The zero-order chi connectivity index (χ0) is 18.5. The SMILES string of the molecule is CC(C)[C@@H](NC(=O)c1ccc(OCC(F)(F)C(F)F)nc1)C(=O)O. The predicted molar refractivity (Wildman–Crippen MR) is 74.4 cm³/mol. The summed E-state index contributed by atoms with van der Waals surface area (Å²) in [5, 5.41) is 11.3. The van der Waals surface area contributed by atoms with Gasteiger partial charge in [-0.2, -0.15) is 8.78 Å². The Morgan fingerprint density at radius 2 is 1.96 bits per heavy atom. The minimum atomic E-state index is -4.32. The summed E-state index contributed by atoms with van der Waals surface area (Å²) in [5.41, 5.74) is -0.0325. The average Bonchev–Trinajstić information content (AvgIpc) is 2.50. The van der Waals surface area contributed by atoms with Crippen molar-refractivity contribution >= 4 is 11.9 Å². The van der Waals surface area contributed by atoms with Crippen molar-refractivity contribution in [1.82, 2.24) is 10.3 Å². The fourth-order valence-corrected chi connectivity index (χ4v) is 1.57. The van der Waals surface area contributed by atoms with Crippen LogP contribution in [0.4, 0.5) is 17.6 Å². The Labute approximate surface area is 134 Å². The maximum Gasteiger partial charge on any atom is 0.340 e. The summed E-state index contributed by atoms with van der Waals surface area (Å²) >= 11 is 0. The van der Waals surface area contributed by atoms with E-state index in [1.165, 1.54) is 0 Å². The van der Waals surface area contributed by atoms with Crippen LogP contribution in [0.15, 0.2) is 18.3 Å². The van der Waals surface area contributed by atoms with Gasteiger partial charge in [-0.05, 0) is 12.0 Å². The van der Waals surface area contributed by atoms with Gasteiger partial charge in [0.25, 0.3) is 5.91 Å². The van der Waals surface area contributed by atoms with Crippen LogP contribution >= 0.6 is 0 Å². The molecule has 1 aromatic heterocycles. The van der Waals surface area contributed by atoms with Gasteiger partial charge in [-0.1, -0.05) is 13.8 Å². The van der Waals surface area contributed by atoms with Crippen molar-refractivity contribution in [2.24, 2.45) is 5.92 Å².